The standard InChI is InChI=1S/C12H10F3NO2/c1-2-18-11(17)10-8(12(13,14)15)7-16-6-4-3-5-9(10)16/h3-7H,2H2,1H3. The van der Waals surface area contributed by atoms with E-state index in [9.17, 15) is 18.0 Å². The molecular formula is C12H10F3NO2. The fourth-order valence-electron chi connectivity index (χ4n) is 1.75. The Morgan fingerprint density at radius 2 is 2.11 bits per heavy atom. The number of rotatable bonds is 2. The van der Waals surface area contributed by atoms with Gasteiger partial charge in [-0.05, 0) is 19.1 Å². The van der Waals surface area contributed by atoms with E-state index in [1.807, 2.05) is 0 Å². The molecule has 2 aromatic rings. The molecule has 0 saturated heterocycles. The third kappa shape index (κ3) is 2.05. The maximum Gasteiger partial charge on any atom is 0.418 e. The lowest BCUT2D eigenvalue weighted by molar-refractivity contribution is -0.138. The Labute approximate surface area is 101 Å². The summed E-state index contributed by atoms with van der Waals surface area (Å²) in [7, 11) is 0. The van der Waals surface area contributed by atoms with Crippen LogP contribution in [0.3, 0.4) is 0 Å². The number of alkyl halides is 3. The number of nitrogens with zero attached hydrogens (tertiary/aromatic N) is 1. The summed E-state index contributed by atoms with van der Waals surface area (Å²) in [5.74, 6) is -0.960. The van der Waals surface area contributed by atoms with Gasteiger partial charge in [-0.15, -0.1) is 0 Å². The molecule has 0 aromatic carbocycles. The lowest BCUT2D eigenvalue weighted by Crippen LogP contribution is -2.13. The average molecular weight is 257 g/mol. The summed E-state index contributed by atoms with van der Waals surface area (Å²) in [6.45, 7) is 1.57. The Bertz CT molecular complexity index is 587. The van der Waals surface area contributed by atoms with Crippen LogP contribution < -0.4 is 0 Å². The van der Waals surface area contributed by atoms with E-state index in [1.165, 1.54) is 16.7 Å². The second-order valence-corrected chi connectivity index (χ2v) is 3.63. The molecule has 6 heteroatoms. The average Bonchev–Trinajstić information content (AvgIpc) is 2.68. The summed E-state index contributed by atoms with van der Waals surface area (Å²) in [5, 5.41) is 0. The molecule has 0 aliphatic rings. The zero-order valence-corrected chi connectivity index (χ0v) is 9.49. The molecule has 3 nitrogen and oxygen atoms in total. The lowest BCUT2D eigenvalue weighted by atomic mass is 10.1. The van der Waals surface area contributed by atoms with Crippen molar-refractivity contribution in [1.29, 1.82) is 0 Å². The Kier molecular flexibility index (Phi) is 3.02. The SMILES string of the molecule is CCOC(=O)c1c(C(F)(F)F)cn2ccccc12. The first-order valence-corrected chi connectivity index (χ1v) is 5.29. The number of hydrogen-bond donors (Lipinski definition) is 0. The highest BCUT2D eigenvalue weighted by molar-refractivity contribution is 5.99. The van der Waals surface area contributed by atoms with Gasteiger partial charge in [-0.3, -0.25) is 0 Å². The van der Waals surface area contributed by atoms with E-state index in [0.717, 1.165) is 6.20 Å². The lowest BCUT2D eigenvalue weighted by Gasteiger charge is -2.07. The van der Waals surface area contributed by atoms with Gasteiger partial charge in [0.1, 0.15) is 0 Å². The number of hydrogen-bond acceptors (Lipinski definition) is 2. The van der Waals surface area contributed by atoms with Crippen molar-refractivity contribution < 1.29 is 22.7 Å². The fraction of sp³-hybridized carbons (Fsp3) is 0.250. The van der Waals surface area contributed by atoms with Crippen molar-refractivity contribution in [2.75, 3.05) is 6.61 Å². The van der Waals surface area contributed by atoms with Gasteiger partial charge in [0.2, 0.25) is 0 Å². The van der Waals surface area contributed by atoms with Crippen LogP contribution in [-0.4, -0.2) is 17.0 Å². The molecule has 2 aromatic heterocycles. The first-order chi connectivity index (χ1) is 8.45. The van der Waals surface area contributed by atoms with Crippen LogP contribution in [0.4, 0.5) is 13.2 Å². The second kappa shape index (κ2) is 4.36. The summed E-state index contributed by atoms with van der Waals surface area (Å²) in [6, 6.07) is 4.60. The third-order valence-electron chi connectivity index (χ3n) is 2.47. The Hall–Kier alpha value is -1.98. The molecule has 0 atom stereocenters. The Morgan fingerprint density at radius 3 is 2.72 bits per heavy atom. The van der Waals surface area contributed by atoms with E-state index in [0.29, 0.717) is 0 Å². The van der Waals surface area contributed by atoms with Crippen LogP contribution in [0, 0.1) is 0 Å². The van der Waals surface area contributed by atoms with Crippen LogP contribution in [0.5, 0.6) is 0 Å². The van der Waals surface area contributed by atoms with Gasteiger partial charge >= 0.3 is 12.1 Å². The maximum atomic E-state index is 12.9. The van der Waals surface area contributed by atoms with Gasteiger partial charge in [0.05, 0.1) is 23.3 Å². The topological polar surface area (TPSA) is 30.7 Å². The first-order valence-electron chi connectivity index (χ1n) is 5.29. The smallest absolute Gasteiger partial charge is 0.418 e. The molecule has 2 heterocycles. The van der Waals surface area contributed by atoms with Crippen molar-refractivity contribution in [2.45, 2.75) is 13.1 Å². The molecule has 0 unspecified atom stereocenters. The molecule has 0 N–H and O–H groups in total. The zero-order valence-electron chi connectivity index (χ0n) is 9.49. The van der Waals surface area contributed by atoms with Crippen molar-refractivity contribution >= 4 is 11.5 Å². The highest BCUT2D eigenvalue weighted by atomic mass is 19.4. The van der Waals surface area contributed by atoms with Gasteiger partial charge in [0.25, 0.3) is 0 Å². The van der Waals surface area contributed by atoms with Crippen LogP contribution >= 0.6 is 0 Å². The van der Waals surface area contributed by atoms with E-state index < -0.39 is 23.3 Å². The molecule has 18 heavy (non-hydrogen) atoms. The molecule has 0 aliphatic carbocycles. The van der Waals surface area contributed by atoms with Gasteiger partial charge < -0.3 is 9.14 Å². The number of aromatic nitrogens is 1. The summed E-state index contributed by atoms with van der Waals surface area (Å²) in [6.07, 6.45) is -2.25. The summed E-state index contributed by atoms with van der Waals surface area (Å²) in [5.41, 5.74) is -1.24. The zero-order chi connectivity index (χ0) is 13.3. The monoisotopic (exact) mass is 257 g/mol. The quantitative estimate of drug-likeness (QED) is 0.774. The van der Waals surface area contributed by atoms with Gasteiger partial charge in [-0.1, -0.05) is 6.07 Å². The van der Waals surface area contributed by atoms with Crippen molar-refractivity contribution in [3.05, 3.63) is 41.7 Å². The molecular weight excluding hydrogens is 247 g/mol. The van der Waals surface area contributed by atoms with Crippen molar-refractivity contribution in [3.8, 4) is 0 Å². The number of ether oxygens (including phenoxy) is 1. The van der Waals surface area contributed by atoms with Crippen LogP contribution in [-0.2, 0) is 10.9 Å². The second-order valence-electron chi connectivity index (χ2n) is 3.63. The molecule has 0 amide bonds. The Morgan fingerprint density at radius 1 is 1.39 bits per heavy atom. The van der Waals surface area contributed by atoms with Crippen molar-refractivity contribution in [3.63, 3.8) is 0 Å². The largest absolute Gasteiger partial charge is 0.462 e. The number of halogens is 3. The summed E-state index contributed by atoms with van der Waals surface area (Å²) < 4.78 is 44.5. The van der Waals surface area contributed by atoms with Crippen LogP contribution in [0.25, 0.3) is 5.52 Å². The minimum atomic E-state index is -4.59. The van der Waals surface area contributed by atoms with Crippen molar-refractivity contribution in [1.82, 2.24) is 4.40 Å². The van der Waals surface area contributed by atoms with E-state index in [2.05, 4.69) is 4.74 Å². The number of pyridine rings is 1. The minimum Gasteiger partial charge on any atom is -0.462 e. The van der Waals surface area contributed by atoms with Crippen LogP contribution in [0.2, 0.25) is 0 Å². The maximum absolute atomic E-state index is 12.9. The van der Waals surface area contributed by atoms with Crippen LogP contribution in [0.15, 0.2) is 30.6 Å². The van der Waals surface area contributed by atoms with E-state index >= 15 is 0 Å². The molecule has 0 aliphatic heterocycles. The molecule has 0 saturated carbocycles. The predicted octanol–water partition coefficient (Wildman–Crippen LogP) is 3.13. The minimum absolute atomic E-state index is 0.0281. The third-order valence-corrected chi connectivity index (χ3v) is 2.47. The van der Waals surface area contributed by atoms with Crippen LogP contribution in [0.1, 0.15) is 22.8 Å². The van der Waals surface area contributed by atoms with Gasteiger partial charge in [-0.25, -0.2) is 4.79 Å². The van der Waals surface area contributed by atoms with E-state index in [-0.39, 0.29) is 12.1 Å². The number of carbonyl (C=O) groups is 1. The van der Waals surface area contributed by atoms with Gasteiger partial charge in [0, 0.05) is 12.4 Å². The van der Waals surface area contributed by atoms with Gasteiger partial charge in [0.15, 0.2) is 0 Å². The summed E-state index contributed by atoms with van der Waals surface area (Å²) >= 11 is 0. The number of esters is 1. The molecule has 0 spiro atoms. The van der Waals surface area contributed by atoms with Gasteiger partial charge in [-0.2, -0.15) is 13.2 Å². The summed E-state index contributed by atoms with van der Waals surface area (Å²) in [4.78, 5) is 11.7. The first kappa shape index (κ1) is 12.5. The van der Waals surface area contributed by atoms with Crippen molar-refractivity contribution in [2.24, 2.45) is 0 Å². The molecule has 2 rings (SSSR count). The Balaban J connectivity index is 2.69. The van der Waals surface area contributed by atoms with E-state index in [1.54, 1.807) is 19.1 Å². The number of carbonyl (C=O) groups excluding carboxylic acids is 1. The number of fused-ring (bicyclic) bond motifs is 1. The van der Waals surface area contributed by atoms with E-state index in [4.69, 9.17) is 0 Å². The molecule has 0 bridgehead atoms. The molecule has 96 valence electrons. The highest BCUT2D eigenvalue weighted by Crippen LogP contribution is 2.35. The molecule has 0 radical (unpaired) electrons. The molecule has 0 fully saturated rings. The fourth-order valence-corrected chi connectivity index (χ4v) is 1.75. The predicted molar refractivity (Wildman–Crippen MR) is 58.4 cm³/mol. The highest BCUT2D eigenvalue weighted by Gasteiger charge is 2.38. The normalized spacial score (nSPS) is 11.8.